The molecule has 1 fully saturated rings. The Hall–Kier alpha value is -2.35. The Morgan fingerprint density at radius 1 is 1.25 bits per heavy atom. The first-order valence-corrected chi connectivity index (χ1v) is 9.53. The van der Waals surface area contributed by atoms with Crippen LogP contribution in [0.2, 0.25) is 0 Å². The molecule has 1 aromatic carbocycles. The smallest absolute Gasteiger partial charge is 0.224 e. The molecule has 2 aromatic rings. The van der Waals surface area contributed by atoms with Gasteiger partial charge in [0.25, 0.3) is 0 Å². The standard InChI is InChI=1S/C16H20N4O3S/c1-23-14-4-2-12(3-5-14)10-18-15-6-8-17-16(20-15)19-13-7-9-24(21,22)11-13/h2-6,8,13H,7,9-11H2,1H3,(H2,17,18,19,20). The van der Waals surface area contributed by atoms with Crippen LogP contribution in [0.5, 0.6) is 5.75 Å². The maximum atomic E-state index is 11.5. The van der Waals surface area contributed by atoms with E-state index in [0.717, 1.165) is 11.3 Å². The third-order valence-corrected chi connectivity index (χ3v) is 5.62. The molecule has 1 aliphatic heterocycles. The molecule has 1 saturated heterocycles. The SMILES string of the molecule is COc1ccc(CNc2ccnc(NC3CCS(=O)(=O)C3)n2)cc1. The lowest BCUT2D eigenvalue weighted by Gasteiger charge is -2.12. The van der Waals surface area contributed by atoms with Crippen LogP contribution in [-0.4, -0.2) is 43.0 Å². The largest absolute Gasteiger partial charge is 0.497 e. The van der Waals surface area contributed by atoms with Gasteiger partial charge in [-0.3, -0.25) is 0 Å². The predicted octanol–water partition coefficient (Wildman–Crippen LogP) is 1.70. The number of aromatic nitrogens is 2. The van der Waals surface area contributed by atoms with Crippen LogP contribution in [0.4, 0.5) is 11.8 Å². The second-order valence-electron chi connectivity index (χ2n) is 5.71. The van der Waals surface area contributed by atoms with Gasteiger partial charge in [0.1, 0.15) is 11.6 Å². The second-order valence-corrected chi connectivity index (χ2v) is 7.94. The molecule has 0 spiro atoms. The van der Waals surface area contributed by atoms with Crippen LogP contribution in [0.25, 0.3) is 0 Å². The molecule has 1 aliphatic rings. The van der Waals surface area contributed by atoms with E-state index in [1.54, 1.807) is 19.4 Å². The van der Waals surface area contributed by atoms with E-state index >= 15 is 0 Å². The highest BCUT2D eigenvalue weighted by molar-refractivity contribution is 7.91. The van der Waals surface area contributed by atoms with Crippen molar-refractivity contribution in [3.63, 3.8) is 0 Å². The van der Waals surface area contributed by atoms with Gasteiger partial charge in [0.05, 0.1) is 18.6 Å². The Bertz CT molecular complexity index is 793. The summed E-state index contributed by atoms with van der Waals surface area (Å²) in [5.41, 5.74) is 1.10. The monoisotopic (exact) mass is 348 g/mol. The molecule has 0 saturated carbocycles. The molecule has 1 aromatic heterocycles. The summed E-state index contributed by atoms with van der Waals surface area (Å²) in [5.74, 6) is 2.31. The van der Waals surface area contributed by atoms with Crippen molar-refractivity contribution >= 4 is 21.6 Å². The van der Waals surface area contributed by atoms with Gasteiger partial charge in [-0.05, 0) is 30.2 Å². The fourth-order valence-electron chi connectivity index (χ4n) is 2.55. The third kappa shape index (κ3) is 4.35. The summed E-state index contributed by atoms with van der Waals surface area (Å²) in [5, 5.41) is 6.32. The molecule has 2 heterocycles. The average Bonchev–Trinajstić information content (AvgIpc) is 2.92. The van der Waals surface area contributed by atoms with Crippen molar-refractivity contribution < 1.29 is 13.2 Å². The molecular weight excluding hydrogens is 328 g/mol. The molecule has 24 heavy (non-hydrogen) atoms. The molecule has 3 rings (SSSR count). The van der Waals surface area contributed by atoms with E-state index in [4.69, 9.17) is 4.74 Å². The molecule has 2 N–H and O–H groups in total. The fourth-order valence-corrected chi connectivity index (χ4v) is 4.23. The van der Waals surface area contributed by atoms with E-state index in [2.05, 4.69) is 20.6 Å². The van der Waals surface area contributed by atoms with E-state index < -0.39 is 9.84 Å². The summed E-state index contributed by atoms with van der Waals surface area (Å²) in [6.45, 7) is 0.623. The van der Waals surface area contributed by atoms with E-state index in [-0.39, 0.29) is 17.5 Å². The normalized spacial score (nSPS) is 19.0. The molecule has 0 amide bonds. The van der Waals surface area contributed by atoms with Gasteiger partial charge in [-0.25, -0.2) is 13.4 Å². The first kappa shape index (κ1) is 16.5. The van der Waals surface area contributed by atoms with E-state index in [0.29, 0.717) is 24.7 Å². The number of benzene rings is 1. The highest BCUT2D eigenvalue weighted by Gasteiger charge is 2.28. The van der Waals surface area contributed by atoms with Gasteiger partial charge in [0, 0.05) is 18.8 Å². The molecular formula is C16H20N4O3S. The molecule has 0 aliphatic carbocycles. The van der Waals surface area contributed by atoms with Crippen molar-refractivity contribution in [3.8, 4) is 5.75 Å². The lowest BCUT2D eigenvalue weighted by molar-refractivity contribution is 0.414. The van der Waals surface area contributed by atoms with Crippen molar-refractivity contribution in [2.24, 2.45) is 0 Å². The first-order chi connectivity index (χ1) is 11.5. The van der Waals surface area contributed by atoms with Crippen LogP contribution >= 0.6 is 0 Å². The highest BCUT2D eigenvalue weighted by Crippen LogP contribution is 2.17. The van der Waals surface area contributed by atoms with E-state index in [1.807, 2.05) is 24.3 Å². The van der Waals surface area contributed by atoms with Crippen LogP contribution in [0.1, 0.15) is 12.0 Å². The number of rotatable bonds is 6. The number of hydrogen-bond donors (Lipinski definition) is 2. The molecule has 7 nitrogen and oxygen atoms in total. The number of sulfone groups is 1. The zero-order valence-corrected chi connectivity index (χ0v) is 14.2. The molecule has 1 unspecified atom stereocenters. The quantitative estimate of drug-likeness (QED) is 0.820. The number of anilines is 2. The number of nitrogens with one attached hydrogen (secondary N) is 2. The van der Waals surface area contributed by atoms with Crippen LogP contribution < -0.4 is 15.4 Å². The number of ether oxygens (including phenoxy) is 1. The zero-order chi connectivity index (χ0) is 17.0. The number of methoxy groups -OCH3 is 1. The minimum Gasteiger partial charge on any atom is -0.497 e. The van der Waals surface area contributed by atoms with Gasteiger partial charge in [0.2, 0.25) is 5.95 Å². The topological polar surface area (TPSA) is 93.2 Å². The summed E-state index contributed by atoms with van der Waals surface area (Å²) in [6, 6.07) is 9.44. The zero-order valence-electron chi connectivity index (χ0n) is 13.4. The van der Waals surface area contributed by atoms with Gasteiger partial charge >= 0.3 is 0 Å². The molecule has 128 valence electrons. The molecule has 1 atom stereocenters. The van der Waals surface area contributed by atoms with Crippen LogP contribution in [-0.2, 0) is 16.4 Å². The summed E-state index contributed by atoms with van der Waals surface area (Å²) in [7, 11) is -1.28. The maximum absolute atomic E-state index is 11.5. The van der Waals surface area contributed by atoms with Crippen LogP contribution in [0, 0.1) is 0 Å². The van der Waals surface area contributed by atoms with Crippen LogP contribution in [0.3, 0.4) is 0 Å². The van der Waals surface area contributed by atoms with Gasteiger partial charge in [-0.1, -0.05) is 12.1 Å². The van der Waals surface area contributed by atoms with Crippen molar-refractivity contribution in [1.29, 1.82) is 0 Å². The van der Waals surface area contributed by atoms with E-state index in [1.165, 1.54) is 0 Å². The predicted molar refractivity (Wildman–Crippen MR) is 93.0 cm³/mol. The first-order valence-electron chi connectivity index (χ1n) is 7.71. The maximum Gasteiger partial charge on any atom is 0.224 e. The Labute approximate surface area is 141 Å². The number of hydrogen-bond acceptors (Lipinski definition) is 7. The Morgan fingerprint density at radius 2 is 2.04 bits per heavy atom. The average molecular weight is 348 g/mol. The highest BCUT2D eigenvalue weighted by atomic mass is 32.2. The Kier molecular flexibility index (Phi) is 4.84. The Balaban J connectivity index is 1.58. The summed E-state index contributed by atoms with van der Waals surface area (Å²) in [6.07, 6.45) is 2.24. The molecule has 0 radical (unpaired) electrons. The second kappa shape index (κ2) is 7.04. The van der Waals surface area contributed by atoms with Crippen molar-refractivity contribution in [3.05, 3.63) is 42.1 Å². The third-order valence-electron chi connectivity index (χ3n) is 3.85. The molecule has 8 heteroatoms. The van der Waals surface area contributed by atoms with Crippen molar-refractivity contribution in [2.45, 2.75) is 19.0 Å². The number of nitrogens with zero attached hydrogens (tertiary/aromatic N) is 2. The summed E-state index contributed by atoms with van der Waals surface area (Å²) < 4.78 is 28.1. The van der Waals surface area contributed by atoms with Crippen LogP contribution in [0.15, 0.2) is 36.5 Å². The minimum atomic E-state index is -2.92. The van der Waals surface area contributed by atoms with Gasteiger partial charge in [-0.2, -0.15) is 4.98 Å². The lowest BCUT2D eigenvalue weighted by atomic mass is 10.2. The Morgan fingerprint density at radius 3 is 2.71 bits per heavy atom. The van der Waals surface area contributed by atoms with E-state index in [9.17, 15) is 8.42 Å². The van der Waals surface area contributed by atoms with Crippen molar-refractivity contribution in [1.82, 2.24) is 9.97 Å². The van der Waals surface area contributed by atoms with Gasteiger partial charge in [0.15, 0.2) is 9.84 Å². The van der Waals surface area contributed by atoms with Gasteiger partial charge in [-0.15, -0.1) is 0 Å². The fraction of sp³-hybridized carbons (Fsp3) is 0.375. The van der Waals surface area contributed by atoms with Gasteiger partial charge < -0.3 is 15.4 Å². The minimum absolute atomic E-state index is 0.119. The van der Waals surface area contributed by atoms with Crippen molar-refractivity contribution in [2.75, 3.05) is 29.2 Å². The summed E-state index contributed by atoms with van der Waals surface area (Å²) in [4.78, 5) is 8.53. The summed E-state index contributed by atoms with van der Waals surface area (Å²) >= 11 is 0. The molecule has 0 bridgehead atoms. The lowest BCUT2D eigenvalue weighted by Crippen LogP contribution is -2.22.